The highest BCUT2D eigenvalue weighted by molar-refractivity contribution is 9.10. The van der Waals surface area contributed by atoms with Crippen LogP contribution in [0.2, 0.25) is 0 Å². The normalized spacial score (nSPS) is 12.3. The summed E-state index contributed by atoms with van der Waals surface area (Å²) in [5.41, 5.74) is 3.45. The maximum absolute atomic E-state index is 14.6. The van der Waals surface area contributed by atoms with Crippen LogP contribution in [0.4, 0.5) is 22.0 Å². The topological polar surface area (TPSA) is 107 Å². The van der Waals surface area contributed by atoms with Crippen LogP contribution in [0, 0.1) is 11.6 Å². The summed E-state index contributed by atoms with van der Waals surface area (Å²) in [4.78, 5) is 27.5. The summed E-state index contributed by atoms with van der Waals surface area (Å²) in [6, 6.07) is 5.70. The van der Waals surface area contributed by atoms with Crippen molar-refractivity contribution in [1.29, 1.82) is 0 Å². The third kappa shape index (κ3) is 5.35. The van der Waals surface area contributed by atoms with Gasteiger partial charge in [0.2, 0.25) is 11.8 Å². The number of ether oxygens (including phenoxy) is 1. The van der Waals surface area contributed by atoms with Gasteiger partial charge in [0.1, 0.15) is 17.1 Å². The van der Waals surface area contributed by atoms with E-state index in [2.05, 4.69) is 26.2 Å². The number of alkyl halides is 3. The zero-order chi connectivity index (χ0) is 25.2. The van der Waals surface area contributed by atoms with Crippen molar-refractivity contribution in [2.75, 3.05) is 7.05 Å². The van der Waals surface area contributed by atoms with Crippen LogP contribution in [0.1, 0.15) is 34.3 Å². The quantitative estimate of drug-likeness (QED) is 0.415. The number of nitrogens with two attached hydrogens (primary N) is 1. The number of amides is 2. The second-order valence-corrected chi connectivity index (χ2v) is 7.55. The van der Waals surface area contributed by atoms with Gasteiger partial charge in [0, 0.05) is 12.6 Å². The fourth-order valence-electron chi connectivity index (χ4n) is 2.90. The Balaban J connectivity index is 1.99. The Bertz CT molecular complexity index is 1230. The minimum atomic E-state index is -4.53. The van der Waals surface area contributed by atoms with Crippen molar-refractivity contribution in [3.63, 3.8) is 0 Å². The highest BCUT2D eigenvalue weighted by atomic mass is 79.9. The van der Waals surface area contributed by atoms with Gasteiger partial charge in [-0.3, -0.25) is 9.59 Å². The van der Waals surface area contributed by atoms with Gasteiger partial charge >= 0.3 is 6.18 Å². The molecule has 34 heavy (non-hydrogen) atoms. The molecule has 1 aromatic heterocycles. The van der Waals surface area contributed by atoms with Gasteiger partial charge in [-0.1, -0.05) is 12.1 Å². The summed E-state index contributed by atoms with van der Waals surface area (Å²) >= 11 is 3.11. The van der Waals surface area contributed by atoms with Gasteiger partial charge in [0.25, 0.3) is 5.91 Å². The Hall–Kier alpha value is -3.48. The monoisotopic (exact) mass is 547 g/mol. The lowest BCUT2D eigenvalue weighted by molar-refractivity contribution is -0.137. The molecule has 1 heterocycles. The van der Waals surface area contributed by atoms with Crippen LogP contribution in [0.25, 0.3) is 11.3 Å². The van der Waals surface area contributed by atoms with Gasteiger partial charge in [0.05, 0.1) is 12.0 Å². The predicted molar refractivity (Wildman–Crippen MR) is 112 cm³/mol. The molecule has 0 aliphatic carbocycles. The SMILES string of the molecule is CNC(=O)CC(Oc1ccc(F)c(C(N)=O)c1F)c1nc(-c2ccc(C(F)(F)F)cc2)c(Br)o1. The first-order valence-corrected chi connectivity index (χ1v) is 10.2. The smallest absolute Gasteiger partial charge is 0.416 e. The minimum absolute atomic E-state index is 0.00479. The average molecular weight is 548 g/mol. The molecule has 1 unspecified atom stereocenters. The van der Waals surface area contributed by atoms with Crippen molar-refractivity contribution in [2.45, 2.75) is 18.7 Å². The summed E-state index contributed by atoms with van der Waals surface area (Å²) in [6.45, 7) is 0. The molecule has 13 heteroatoms. The molecular weight excluding hydrogens is 533 g/mol. The van der Waals surface area contributed by atoms with E-state index in [0.29, 0.717) is 0 Å². The molecule has 180 valence electrons. The van der Waals surface area contributed by atoms with E-state index in [9.17, 15) is 31.5 Å². The standard InChI is InChI=1S/C21H15BrF5N3O4/c1-29-14(31)8-13(33-12-7-6-11(23)15(16(12)24)19(28)32)20-30-17(18(22)34-20)9-2-4-10(5-3-9)21(25,26)27/h2-7,13H,8H2,1H3,(H2,28,32)(H,29,31). The molecule has 0 fully saturated rings. The zero-order valence-corrected chi connectivity index (χ0v) is 18.8. The number of oxazole rings is 1. The van der Waals surface area contributed by atoms with Crippen molar-refractivity contribution in [1.82, 2.24) is 10.3 Å². The lowest BCUT2D eigenvalue weighted by Crippen LogP contribution is -2.24. The number of nitrogens with zero attached hydrogens (tertiary/aromatic N) is 1. The molecule has 2 aromatic carbocycles. The molecule has 0 saturated heterocycles. The number of nitrogens with one attached hydrogen (secondary N) is 1. The van der Waals surface area contributed by atoms with Crippen molar-refractivity contribution >= 4 is 27.7 Å². The summed E-state index contributed by atoms with van der Waals surface area (Å²) in [5.74, 6) is -5.37. The molecule has 0 aliphatic heterocycles. The van der Waals surface area contributed by atoms with Crippen LogP contribution >= 0.6 is 15.9 Å². The number of hydrogen-bond donors (Lipinski definition) is 2. The number of halogens is 6. The number of aromatic nitrogens is 1. The average Bonchev–Trinajstić information content (AvgIpc) is 3.15. The number of benzene rings is 2. The lowest BCUT2D eigenvalue weighted by atomic mass is 10.1. The number of primary amides is 1. The molecule has 0 aliphatic rings. The molecule has 3 rings (SSSR count). The van der Waals surface area contributed by atoms with E-state index >= 15 is 0 Å². The van der Waals surface area contributed by atoms with Crippen LogP contribution in [0.5, 0.6) is 5.75 Å². The Labute approximate surface area is 197 Å². The summed E-state index contributed by atoms with van der Waals surface area (Å²) in [5, 5.41) is 2.34. The first-order valence-electron chi connectivity index (χ1n) is 9.41. The lowest BCUT2D eigenvalue weighted by Gasteiger charge is -2.17. The summed E-state index contributed by atoms with van der Waals surface area (Å²) < 4.78 is 77.9. The third-order valence-corrected chi connectivity index (χ3v) is 5.12. The zero-order valence-electron chi connectivity index (χ0n) is 17.2. The van der Waals surface area contributed by atoms with Gasteiger partial charge in [-0.05, 0) is 40.2 Å². The number of hydrogen-bond acceptors (Lipinski definition) is 5. The first kappa shape index (κ1) is 25.1. The van der Waals surface area contributed by atoms with Gasteiger partial charge < -0.3 is 20.2 Å². The molecule has 1 atom stereocenters. The largest absolute Gasteiger partial charge is 0.477 e. The van der Waals surface area contributed by atoms with Crippen LogP contribution in [0.3, 0.4) is 0 Å². The maximum atomic E-state index is 14.6. The van der Waals surface area contributed by atoms with E-state index in [1.807, 2.05) is 0 Å². The van der Waals surface area contributed by atoms with E-state index < -0.39 is 59.0 Å². The Morgan fingerprint density at radius 2 is 1.82 bits per heavy atom. The van der Waals surface area contributed by atoms with Crippen LogP contribution in [-0.2, 0) is 11.0 Å². The first-order chi connectivity index (χ1) is 15.9. The Morgan fingerprint density at radius 3 is 2.38 bits per heavy atom. The molecule has 3 N–H and O–H groups in total. The number of carbonyl (C=O) groups is 2. The van der Waals surface area contributed by atoms with E-state index in [1.54, 1.807) is 0 Å². The van der Waals surface area contributed by atoms with Crippen molar-refractivity contribution in [3.8, 4) is 17.0 Å². The van der Waals surface area contributed by atoms with Crippen LogP contribution in [0.15, 0.2) is 45.5 Å². The van der Waals surface area contributed by atoms with E-state index in [1.165, 1.54) is 19.2 Å². The van der Waals surface area contributed by atoms with Crippen LogP contribution < -0.4 is 15.8 Å². The highest BCUT2D eigenvalue weighted by Gasteiger charge is 2.31. The molecule has 0 radical (unpaired) electrons. The molecule has 7 nitrogen and oxygen atoms in total. The van der Waals surface area contributed by atoms with E-state index in [4.69, 9.17) is 14.9 Å². The number of rotatable bonds is 7. The second kappa shape index (κ2) is 9.79. The van der Waals surface area contributed by atoms with Crippen molar-refractivity contribution < 1.29 is 40.7 Å². The van der Waals surface area contributed by atoms with E-state index in [-0.39, 0.29) is 21.8 Å². The number of carbonyl (C=O) groups excluding carboxylic acids is 2. The fraction of sp³-hybridized carbons (Fsp3) is 0.190. The minimum Gasteiger partial charge on any atom is -0.477 e. The molecule has 3 aromatic rings. The Kier molecular flexibility index (Phi) is 7.24. The molecule has 0 bridgehead atoms. The predicted octanol–water partition coefficient (Wildman–Crippen LogP) is 4.76. The maximum Gasteiger partial charge on any atom is 0.416 e. The van der Waals surface area contributed by atoms with Gasteiger partial charge in [-0.25, -0.2) is 13.8 Å². The van der Waals surface area contributed by atoms with Crippen molar-refractivity contribution in [2.24, 2.45) is 5.73 Å². The van der Waals surface area contributed by atoms with Gasteiger partial charge in [-0.15, -0.1) is 0 Å². The fourth-order valence-corrected chi connectivity index (χ4v) is 3.39. The third-order valence-electron chi connectivity index (χ3n) is 4.58. The second-order valence-electron chi connectivity index (χ2n) is 6.83. The highest BCUT2D eigenvalue weighted by Crippen LogP contribution is 2.36. The van der Waals surface area contributed by atoms with Crippen LogP contribution in [-0.4, -0.2) is 23.8 Å². The molecule has 0 spiro atoms. The molecule has 0 saturated carbocycles. The molecular formula is C21H15BrF5N3O4. The van der Waals surface area contributed by atoms with E-state index in [0.717, 1.165) is 24.3 Å². The summed E-state index contributed by atoms with van der Waals surface area (Å²) in [6.07, 6.45) is -6.32. The molecule has 2 amide bonds. The van der Waals surface area contributed by atoms with Crippen molar-refractivity contribution in [3.05, 3.63) is 69.7 Å². The van der Waals surface area contributed by atoms with Gasteiger partial charge in [-0.2, -0.15) is 13.2 Å². The Morgan fingerprint density at radius 1 is 1.18 bits per heavy atom. The van der Waals surface area contributed by atoms with Gasteiger partial charge in [0.15, 0.2) is 22.3 Å². The summed E-state index contributed by atoms with van der Waals surface area (Å²) in [7, 11) is 1.34.